The average molecular weight is 390 g/mol. The molecule has 0 aliphatic rings. The molecule has 0 saturated carbocycles. The predicted octanol–water partition coefficient (Wildman–Crippen LogP) is 4.47. The number of halogens is 2. The van der Waals surface area contributed by atoms with Crippen LogP contribution in [0.4, 0.5) is 5.69 Å². The van der Waals surface area contributed by atoms with Gasteiger partial charge in [0.2, 0.25) is 0 Å². The molecule has 1 amide bonds. The van der Waals surface area contributed by atoms with E-state index < -0.39 is 5.91 Å². The Bertz CT molecular complexity index is 1200. The number of hydrogen-bond donors (Lipinski definition) is 1. The van der Waals surface area contributed by atoms with E-state index in [1.54, 1.807) is 42.5 Å². The summed E-state index contributed by atoms with van der Waals surface area (Å²) in [5.41, 5.74) is 0.697. The van der Waals surface area contributed by atoms with E-state index in [2.05, 4.69) is 10.3 Å². The number of thiazole rings is 1. The van der Waals surface area contributed by atoms with Crippen molar-refractivity contribution in [3.8, 4) is 0 Å². The molecule has 25 heavy (non-hydrogen) atoms. The van der Waals surface area contributed by atoms with Gasteiger partial charge >= 0.3 is 0 Å². The largest absolute Gasteiger partial charge is 0.316 e. The number of carbonyl (C=O) groups excluding carboxylic acids is 1. The third-order valence-electron chi connectivity index (χ3n) is 3.66. The molecule has 8 heteroatoms. The van der Waals surface area contributed by atoms with Crippen molar-refractivity contribution >= 4 is 61.3 Å². The summed E-state index contributed by atoms with van der Waals surface area (Å²) in [5, 5.41) is 3.48. The molecule has 0 fully saturated rings. The quantitative estimate of drug-likeness (QED) is 0.549. The second kappa shape index (κ2) is 6.15. The summed E-state index contributed by atoms with van der Waals surface area (Å²) in [5.74, 6) is -0.466. The Morgan fingerprint density at radius 2 is 1.96 bits per heavy atom. The highest BCUT2D eigenvalue weighted by atomic mass is 35.5. The SMILES string of the molecule is O=C(Nc1cnc2sc3cc(Cl)ccc3n2c1=O)c1ccccc1Cl. The highest BCUT2D eigenvalue weighted by Crippen LogP contribution is 2.27. The van der Waals surface area contributed by atoms with E-state index in [4.69, 9.17) is 23.2 Å². The van der Waals surface area contributed by atoms with Gasteiger partial charge in [0, 0.05) is 5.02 Å². The van der Waals surface area contributed by atoms with Gasteiger partial charge in [-0.3, -0.25) is 9.59 Å². The lowest BCUT2D eigenvalue weighted by Crippen LogP contribution is -2.22. The number of carbonyl (C=O) groups is 1. The van der Waals surface area contributed by atoms with Crippen LogP contribution in [0.3, 0.4) is 0 Å². The molecule has 5 nitrogen and oxygen atoms in total. The minimum atomic E-state index is -0.466. The number of aromatic nitrogens is 2. The maximum absolute atomic E-state index is 12.8. The van der Waals surface area contributed by atoms with Crippen LogP contribution in [0.25, 0.3) is 15.2 Å². The van der Waals surface area contributed by atoms with Crippen molar-refractivity contribution in [3.63, 3.8) is 0 Å². The maximum Gasteiger partial charge on any atom is 0.282 e. The lowest BCUT2D eigenvalue weighted by molar-refractivity contribution is 0.102. The monoisotopic (exact) mass is 389 g/mol. The number of rotatable bonds is 2. The van der Waals surface area contributed by atoms with Crippen LogP contribution in [0.2, 0.25) is 10.0 Å². The zero-order chi connectivity index (χ0) is 17.6. The van der Waals surface area contributed by atoms with Gasteiger partial charge in [0.1, 0.15) is 5.69 Å². The smallest absolute Gasteiger partial charge is 0.282 e. The standard InChI is InChI=1S/C17H9Cl2N3O2S/c18-9-5-6-13-14(7-9)25-17-20-8-12(16(24)22(13)17)21-15(23)10-3-1-2-4-11(10)19/h1-8H,(H,21,23). The Balaban J connectivity index is 1.82. The fourth-order valence-corrected chi connectivity index (χ4v) is 3.98. The van der Waals surface area contributed by atoms with Gasteiger partial charge in [-0.05, 0) is 30.3 Å². The van der Waals surface area contributed by atoms with Gasteiger partial charge < -0.3 is 5.32 Å². The molecular formula is C17H9Cl2N3O2S. The Morgan fingerprint density at radius 1 is 1.16 bits per heavy atom. The minimum Gasteiger partial charge on any atom is -0.316 e. The molecule has 0 radical (unpaired) electrons. The van der Waals surface area contributed by atoms with Crippen molar-refractivity contribution in [1.82, 2.24) is 9.38 Å². The van der Waals surface area contributed by atoms with Crippen LogP contribution in [-0.4, -0.2) is 15.3 Å². The Morgan fingerprint density at radius 3 is 2.76 bits per heavy atom. The van der Waals surface area contributed by atoms with Gasteiger partial charge in [-0.25, -0.2) is 9.38 Å². The fraction of sp³-hybridized carbons (Fsp3) is 0. The zero-order valence-corrected chi connectivity index (χ0v) is 14.8. The molecule has 0 atom stereocenters. The molecule has 1 N–H and O–H groups in total. The van der Waals surface area contributed by atoms with E-state index in [0.717, 1.165) is 4.70 Å². The second-order valence-electron chi connectivity index (χ2n) is 5.24. The summed E-state index contributed by atoms with van der Waals surface area (Å²) in [4.78, 5) is 30.0. The van der Waals surface area contributed by atoms with Gasteiger partial charge in [-0.1, -0.05) is 46.7 Å². The second-order valence-corrected chi connectivity index (χ2v) is 7.10. The van der Waals surface area contributed by atoms with Gasteiger partial charge in [-0.15, -0.1) is 0 Å². The number of fused-ring (bicyclic) bond motifs is 3. The van der Waals surface area contributed by atoms with Crippen molar-refractivity contribution in [1.29, 1.82) is 0 Å². The van der Waals surface area contributed by atoms with Crippen LogP contribution in [0.1, 0.15) is 10.4 Å². The first kappa shape index (κ1) is 16.1. The summed E-state index contributed by atoms with van der Waals surface area (Å²) in [6.07, 6.45) is 1.35. The number of anilines is 1. The molecule has 4 aromatic rings. The number of nitrogens with one attached hydrogen (secondary N) is 1. The summed E-state index contributed by atoms with van der Waals surface area (Å²) >= 11 is 13.4. The van der Waals surface area contributed by atoms with E-state index in [1.165, 1.54) is 21.9 Å². The van der Waals surface area contributed by atoms with Gasteiger partial charge in [0.15, 0.2) is 4.96 Å². The molecule has 2 heterocycles. The molecular weight excluding hydrogens is 381 g/mol. The Hall–Kier alpha value is -2.41. The van der Waals surface area contributed by atoms with Gasteiger partial charge in [0.25, 0.3) is 11.5 Å². The Kier molecular flexibility index (Phi) is 3.95. The normalized spacial score (nSPS) is 11.1. The lowest BCUT2D eigenvalue weighted by atomic mass is 10.2. The van der Waals surface area contributed by atoms with Crippen LogP contribution >= 0.6 is 34.5 Å². The summed E-state index contributed by atoms with van der Waals surface area (Å²) < 4.78 is 2.30. The van der Waals surface area contributed by atoms with E-state index in [0.29, 0.717) is 20.5 Å². The number of hydrogen-bond acceptors (Lipinski definition) is 4. The maximum atomic E-state index is 12.8. The van der Waals surface area contributed by atoms with Crippen molar-refractivity contribution < 1.29 is 4.79 Å². The van der Waals surface area contributed by atoms with E-state index in [1.807, 2.05) is 0 Å². The van der Waals surface area contributed by atoms with Gasteiger partial charge in [-0.2, -0.15) is 0 Å². The van der Waals surface area contributed by atoms with Crippen LogP contribution in [0.15, 0.2) is 53.5 Å². The molecule has 124 valence electrons. The molecule has 0 saturated heterocycles. The third kappa shape index (κ3) is 2.78. The average Bonchev–Trinajstić information content (AvgIpc) is 2.95. The molecule has 0 bridgehead atoms. The van der Waals surface area contributed by atoms with Crippen LogP contribution in [-0.2, 0) is 0 Å². The van der Waals surface area contributed by atoms with Crippen LogP contribution in [0.5, 0.6) is 0 Å². The van der Waals surface area contributed by atoms with E-state index >= 15 is 0 Å². The topological polar surface area (TPSA) is 63.5 Å². The summed E-state index contributed by atoms with van der Waals surface area (Å²) in [6.45, 7) is 0. The number of benzene rings is 2. The molecule has 2 aromatic heterocycles. The van der Waals surface area contributed by atoms with Crippen molar-refractivity contribution in [2.24, 2.45) is 0 Å². The summed E-state index contributed by atoms with van der Waals surface area (Å²) in [7, 11) is 0. The zero-order valence-electron chi connectivity index (χ0n) is 12.5. The first-order valence-electron chi connectivity index (χ1n) is 7.20. The lowest BCUT2D eigenvalue weighted by Gasteiger charge is -2.06. The molecule has 0 aliphatic heterocycles. The van der Waals surface area contributed by atoms with Crippen molar-refractivity contribution in [2.75, 3.05) is 5.32 Å². The van der Waals surface area contributed by atoms with Crippen molar-refractivity contribution in [3.05, 3.63) is 74.6 Å². The predicted molar refractivity (Wildman–Crippen MR) is 101 cm³/mol. The highest BCUT2D eigenvalue weighted by molar-refractivity contribution is 7.23. The molecule has 0 aliphatic carbocycles. The summed E-state index contributed by atoms with van der Waals surface area (Å²) in [6, 6.07) is 11.9. The minimum absolute atomic E-state index is 0.0806. The number of nitrogens with zero attached hydrogens (tertiary/aromatic N) is 2. The first-order chi connectivity index (χ1) is 12.0. The van der Waals surface area contributed by atoms with Gasteiger partial charge in [0.05, 0.1) is 27.0 Å². The third-order valence-corrected chi connectivity index (χ3v) is 5.24. The van der Waals surface area contributed by atoms with Crippen molar-refractivity contribution in [2.45, 2.75) is 0 Å². The van der Waals surface area contributed by atoms with Crippen LogP contribution < -0.4 is 10.9 Å². The molecule has 0 unspecified atom stereocenters. The van der Waals surface area contributed by atoms with E-state index in [-0.39, 0.29) is 16.8 Å². The Labute approximate surface area is 155 Å². The first-order valence-corrected chi connectivity index (χ1v) is 8.77. The number of amides is 1. The van der Waals surface area contributed by atoms with Crippen LogP contribution in [0, 0.1) is 0 Å². The molecule has 4 rings (SSSR count). The van der Waals surface area contributed by atoms with E-state index in [9.17, 15) is 9.59 Å². The molecule has 2 aromatic carbocycles. The fourth-order valence-electron chi connectivity index (χ4n) is 2.50. The highest BCUT2D eigenvalue weighted by Gasteiger charge is 2.15. The molecule has 0 spiro atoms.